The van der Waals surface area contributed by atoms with Gasteiger partial charge in [-0.3, -0.25) is 9.69 Å². The SMILES string of the molecule is CCOc1ccc(C2CC(c3ccccc3OC)=NN2C(=O)CN2CCCC2)cc1. The number of nitrogens with zero attached hydrogens (tertiary/aromatic N) is 3. The summed E-state index contributed by atoms with van der Waals surface area (Å²) < 4.78 is 11.1. The number of benzene rings is 2. The predicted octanol–water partition coefficient (Wildman–Crippen LogP) is 3.87. The van der Waals surface area contributed by atoms with Crippen molar-refractivity contribution in [3.63, 3.8) is 0 Å². The van der Waals surface area contributed by atoms with E-state index in [9.17, 15) is 4.79 Å². The first kappa shape index (κ1) is 20.4. The van der Waals surface area contributed by atoms with E-state index in [1.54, 1.807) is 12.1 Å². The normalized spacial score (nSPS) is 19.1. The number of amides is 1. The van der Waals surface area contributed by atoms with Crippen LogP contribution in [-0.4, -0.2) is 54.9 Å². The van der Waals surface area contributed by atoms with Gasteiger partial charge in [0.2, 0.25) is 0 Å². The zero-order valence-corrected chi connectivity index (χ0v) is 17.7. The Kier molecular flexibility index (Phi) is 6.33. The molecule has 6 nitrogen and oxygen atoms in total. The van der Waals surface area contributed by atoms with E-state index < -0.39 is 0 Å². The Balaban J connectivity index is 1.62. The van der Waals surface area contributed by atoms with Crippen molar-refractivity contribution in [2.24, 2.45) is 5.10 Å². The maximum absolute atomic E-state index is 13.2. The van der Waals surface area contributed by atoms with Crippen LogP contribution < -0.4 is 9.47 Å². The molecule has 0 aliphatic carbocycles. The van der Waals surface area contributed by atoms with Gasteiger partial charge in [0.1, 0.15) is 11.5 Å². The standard InChI is InChI=1S/C24H29N3O3/c1-3-30-19-12-10-18(11-13-19)22-16-21(20-8-4-5-9-23(20)29-2)25-27(22)24(28)17-26-14-6-7-15-26/h4-5,8-13,22H,3,6-7,14-17H2,1-2H3. The molecule has 0 spiro atoms. The molecule has 0 radical (unpaired) electrons. The van der Waals surface area contributed by atoms with Crippen molar-refractivity contribution < 1.29 is 14.3 Å². The molecule has 158 valence electrons. The van der Waals surface area contributed by atoms with Gasteiger partial charge in [-0.15, -0.1) is 0 Å². The lowest BCUT2D eigenvalue weighted by molar-refractivity contribution is -0.134. The van der Waals surface area contributed by atoms with E-state index >= 15 is 0 Å². The van der Waals surface area contributed by atoms with Gasteiger partial charge in [0, 0.05) is 12.0 Å². The fourth-order valence-electron chi connectivity index (χ4n) is 4.20. The van der Waals surface area contributed by atoms with Gasteiger partial charge in [-0.25, -0.2) is 5.01 Å². The Morgan fingerprint density at radius 1 is 1.10 bits per heavy atom. The highest BCUT2D eigenvalue weighted by Gasteiger charge is 2.34. The van der Waals surface area contributed by atoms with Crippen molar-refractivity contribution in [2.45, 2.75) is 32.2 Å². The molecule has 0 saturated carbocycles. The molecular formula is C24H29N3O3. The highest BCUT2D eigenvalue weighted by atomic mass is 16.5. The summed E-state index contributed by atoms with van der Waals surface area (Å²) in [5.41, 5.74) is 2.87. The largest absolute Gasteiger partial charge is 0.496 e. The lowest BCUT2D eigenvalue weighted by Crippen LogP contribution is -2.36. The van der Waals surface area contributed by atoms with Crippen LogP contribution in [0.5, 0.6) is 11.5 Å². The van der Waals surface area contributed by atoms with Gasteiger partial charge in [-0.05, 0) is 62.7 Å². The smallest absolute Gasteiger partial charge is 0.257 e. The third-order valence-corrected chi connectivity index (χ3v) is 5.72. The van der Waals surface area contributed by atoms with Gasteiger partial charge >= 0.3 is 0 Å². The van der Waals surface area contributed by atoms with Crippen LogP contribution in [0.1, 0.15) is 43.4 Å². The Labute approximate surface area is 178 Å². The lowest BCUT2D eigenvalue weighted by Gasteiger charge is -2.24. The van der Waals surface area contributed by atoms with E-state index in [4.69, 9.17) is 14.6 Å². The number of para-hydroxylation sites is 1. The van der Waals surface area contributed by atoms with Gasteiger partial charge in [0.05, 0.1) is 32.0 Å². The molecule has 1 amide bonds. The minimum absolute atomic E-state index is 0.0423. The number of carbonyl (C=O) groups excluding carboxylic acids is 1. The summed E-state index contributed by atoms with van der Waals surface area (Å²) >= 11 is 0. The first-order valence-electron chi connectivity index (χ1n) is 10.7. The number of likely N-dealkylation sites (tertiary alicyclic amines) is 1. The van der Waals surface area contributed by atoms with Crippen molar-refractivity contribution in [3.8, 4) is 11.5 Å². The van der Waals surface area contributed by atoms with Gasteiger partial charge in [0.15, 0.2) is 0 Å². The Bertz CT molecular complexity index is 904. The van der Waals surface area contributed by atoms with Crippen LogP contribution in [-0.2, 0) is 4.79 Å². The van der Waals surface area contributed by atoms with E-state index in [0.717, 1.165) is 54.3 Å². The van der Waals surface area contributed by atoms with Crippen LogP contribution in [0.15, 0.2) is 53.6 Å². The Morgan fingerprint density at radius 2 is 1.83 bits per heavy atom. The highest BCUT2D eigenvalue weighted by Crippen LogP contribution is 2.35. The van der Waals surface area contributed by atoms with Crippen LogP contribution in [0.25, 0.3) is 0 Å². The van der Waals surface area contributed by atoms with E-state index in [1.807, 2.05) is 55.5 Å². The molecule has 4 rings (SSSR count). The highest BCUT2D eigenvalue weighted by molar-refractivity contribution is 6.05. The zero-order valence-electron chi connectivity index (χ0n) is 17.7. The summed E-state index contributed by atoms with van der Waals surface area (Å²) in [6.07, 6.45) is 2.97. The van der Waals surface area contributed by atoms with Crippen molar-refractivity contribution >= 4 is 11.6 Å². The van der Waals surface area contributed by atoms with Crippen LogP contribution in [0.2, 0.25) is 0 Å². The number of carbonyl (C=O) groups is 1. The monoisotopic (exact) mass is 407 g/mol. The van der Waals surface area contributed by atoms with E-state index in [2.05, 4.69) is 4.90 Å². The molecular weight excluding hydrogens is 378 g/mol. The predicted molar refractivity (Wildman–Crippen MR) is 117 cm³/mol. The summed E-state index contributed by atoms with van der Waals surface area (Å²) in [5.74, 6) is 1.65. The fourth-order valence-corrected chi connectivity index (χ4v) is 4.20. The zero-order chi connectivity index (χ0) is 20.9. The van der Waals surface area contributed by atoms with Gasteiger partial charge < -0.3 is 9.47 Å². The van der Waals surface area contributed by atoms with E-state index in [1.165, 1.54) is 0 Å². The van der Waals surface area contributed by atoms with E-state index in [0.29, 0.717) is 19.6 Å². The summed E-state index contributed by atoms with van der Waals surface area (Å²) in [7, 11) is 1.66. The van der Waals surface area contributed by atoms with Crippen LogP contribution in [0.4, 0.5) is 0 Å². The van der Waals surface area contributed by atoms with Crippen molar-refractivity contribution in [2.75, 3.05) is 33.4 Å². The van der Waals surface area contributed by atoms with Gasteiger partial charge in [-0.1, -0.05) is 24.3 Å². The molecule has 30 heavy (non-hydrogen) atoms. The Hall–Kier alpha value is -2.86. The molecule has 6 heteroatoms. The summed E-state index contributed by atoms with van der Waals surface area (Å²) in [6.45, 7) is 4.98. The molecule has 1 unspecified atom stereocenters. The molecule has 1 saturated heterocycles. The van der Waals surface area contributed by atoms with Crippen molar-refractivity contribution in [1.82, 2.24) is 9.91 Å². The minimum atomic E-state index is -0.129. The topological polar surface area (TPSA) is 54.4 Å². The van der Waals surface area contributed by atoms with Crippen LogP contribution in [0, 0.1) is 0 Å². The molecule has 2 heterocycles. The van der Waals surface area contributed by atoms with E-state index in [-0.39, 0.29) is 11.9 Å². The first-order valence-corrected chi connectivity index (χ1v) is 10.7. The first-order chi connectivity index (χ1) is 14.7. The lowest BCUT2D eigenvalue weighted by atomic mass is 9.98. The number of ether oxygens (including phenoxy) is 2. The number of hydrogen-bond donors (Lipinski definition) is 0. The number of rotatable bonds is 7. The molecule has 2 aliphatic heterocycles. The molecule has 2 aromatic carbocycles. The molecule has 0 aromatic heterocycles. The second-order valence-corrected chi connectivity index (χ2v) is 7.69. The quantitative estimate of drug-likeness (QED) is 0.699. The average Bonchev–Trinajstić information content (AvgIpc) is 3.44. The maximum Gasteiger partial charge on any atom is 0.257 e. The van der Waals surface area contributed by atoms with Crippen LogP contribution >= 0.6 is 0 Å². The molecule has 2 aliphatic rings. The second-order valence-electron chi connectivity index (χ2n) is 7.69. The maximum atomic E-state index is 13.2. The van der Waals surface area contributed by atoms with Gasteiger partial charge in [-0.2, -0.15) is 5.10 Å². The van der Waals surface area contributed by atoms with Crippen molar-refractivity contribution in [1.29, 1.82) is 0 Å². The van der Waals surface area contributed by atoms with Crippen molar-refractivity contribution in [3.05, 3.63) is 59.7 Å². The second kappa shape index (κ2) is 9.30. The molecule has 0 N–H and O–H groups in total. The third-order valence-electron chi connectivity index (χ3n) is 5.72. The average molecular weight is 408 g/mol. The third kappa shape index (κ3) is 4.33. The molecule has 0 bridgehead atoms. The summed E-state index contributed by atoms with van der Waals surface area (Å²) in [6, 6.07) is 15.7. The number of hydrogen-bond acceptors (Lipinski definition) is 5. The summed E-state index contributed by atoms with van der Waals surface area (Å²) in [4.78, 5) is 15.4. The molecule has 2 aromatic rings. The fraction of sp³-hybridized carbons (Fsp3) is 0.417. The molecule has 1 atom stereocenters. The number of methoxy groups -OCH3 is 1. The van der Waals surface area contributed by atoms with Crippen LogP contribution in [0.3, 0.4) is 0 Å². The number of hydrazone groups is 1. The molecule has 1 fully saturated rings. The van der Waals surface area contributed by atoms with Gasteiger partial charge in [0.25, 0.3) is 5.91 Å². The minimum Gasteiger partial charge on any atom is -0.496 e. The Morgan fingerprint density at radius 3 is 2.53 bits per heavy atom. The summed E-state index contributed by atoms with van der Waals surface area (Å²) in [5, 5.41) is 6.46.